The summed E-state index contributed by atoms with van der Waals surface area (Å²) in [6.07, 6.45) is 7.41. The van der Waals surface area contributed by atoms with Gasteiger partial charge in [-0.1, -0.05) is 18.7 Å². The largest absolute Gasteiger partial charge is 0.466 e. The van der Waals surface area contributed by atoms with Crippen LogP contribution in [-0.2, 0) is 9.53 Å². The van der Waals surface area contributed by atoms with Gasteiger partial charge in [0.1, 0.15) is 0 Å². The molecule has 0 N–H and O–H groups in total. The Hall–Kier alpha value is -1.05. The first-order valence-electron chi connectivity index (χ1n) is 4.19. The second kappa shape index (κ2) is 4.10. The van der Waals surface area contributed by atoms with E-state index in [0.29, 0.717) is 5.57 Å². The summed E-state index contributed by atoms with van der Waals surface area (Å²) in [7, 11) is 1.39. The molecule has 2 nitrogen and oxygen atoms in total. The predicted octanol–water partition coefficient (Wildman–Crippen LogP) is 2.07. The summed E-state index contributed by atoms with van der Waals surface area (Å²) < 4.78 is 4.59. The minimum absolute atomic E-state index is 0.200. The lowest BCUT2D eigenvalue weighted by molar-refractivity contribution is -0.136. The summed E-state index contributed by atoms with van der Waals surface area (Å²) in [5, 5.41) is 0. The average Bonchev–Trinajstić information content (AvgIpc) is 2.17. The van der Waals surface area contributed by atoms with Crippen molar-refractivity contribution >= 4 is 5.97 Å². The van der Waals surface area contributed by atoms with Crippen molar-refractivity contribution in [2.24, 2.45) is 5.92 Å². The van der Waals surface area contributed by atoms with E-state index in [2.05, 4.69) is 17.4 Å². The first kappa shape index (κ1) is 9.04. The fourth-order valence-corrected chi connectivity index (χ4v) is 1.39. The van der Waals surface area contributed by atoms with Crippen molar-refractivity contribution in [3.05, 3.63) is 24.3 Å². The molecule has 0 spiro atoms. The van der Waals surface area contributed by atoms with Crippen LogP contribution >= 0.6 is 0 Å². The van der Waals surface area contributed by atoms with Crippen molar-refractivity contribution in [1.82, 2.24) is 0 Å². The van der Waals surface area contributed by atoms with E-state index in [1.807, 2.05) is 6.08 Å². The Bertz CT molecular complexity index is 216. The third kappa shape index (κ3) is 1.97. The number of hydrogen-bond donors (Lipinski definition) is 0. The smallest absolute Gasteiger partial charge is 0.333 e. The van der Waals surface area contributed by atoms with Crippen LogP contribution in [-0.4, -0.2) is 13.1 Å². The van der Waals surface area contributed by atoms with Gasteiger partial charge in [0.25, 0.3) is 0 Å². The maximum atomic E-state index is 11.1. The van der Waals surface area contributed by atoms with Crippen molar-refractivity contribution in [1.29, 1.82) is 0 Å². The maximum Gasteiger partial charge on any atom is 0.333 e. The first-order valence-corrected chi connectivity index (χ1v) is 4.19. The van der Waals surface area contributed by atoms with Gasteiger partial charge in [0.2, 0.25) is 0 Å². The number of esters is 1. The molecule has 0 bridgehead atoms. The average molecular weight is 166 g/mol. The summed E-state index contributed by atoms with van der Waals surface area (Å²) >= 11 is 0. The van der Waals surface area contributed by atoms with Gasteiger partial charge in [-0.25, -0.2) is 4.79 Å². The molecule has 1 atom stereocenters. The van der Waals surface area contributed by atoms with Crippen LogP contribution in [0.3, 0.4) is 0 Å². The van der Waals surface area contributed by atoms with Crippen LogP contribution in [0.5, 0.6) is 0 Å². The molecule has 0 amide bonds. The molecule has 0 radical (unpaired) electrons. The van der Waals surface area contributed by atoms with Gasteiger partial charge in [0, 0.05) is 11.5 Å². The number of allylic oxidation sites excluding steroid dienone is 2. The Morgan fingerprint density at radius 1 is 1.67 bits per heavy atom. The van der Waals surface area contributed by atoms with Crippen molar-refractivity contribution in [3.8, 4) is 0 Å². The highest BCUT2D eigenvalue weighted by Gasteiger charge is 2.17. The minimum atomic E-state index is -0.286. The summed E-state index contributed by atoms with van der Waals surface area (Å²) in [6, 6.07) is 0. The molecule has 2 heteroatoms. The Balaban J connectivity index is 2.57. The first-order chi connectivity index (χ1) is 5.75. The van der Waals surface area contributed by atoms with Gasteiger partial charge in [-0.15, -0.1) is 0 Å². The van der Waals surface area contributed by atoms with E-state index in [-0.39, 0.29) is 11.9 Å². The summed E-state index contributed by atoms with van der Waals surface area (Å²) in [6.45, 7) is 3.72. The van der Waals surface area contributed by atoms with E-state index in [1.165, 1.54) is 7.11 Å². The zero-order chi connectivity index (χ0) is 8.97. The lowest BCUT2D eigenvalue weighted by Gasteiger charge is -2.16. The second-order valence-corrected chi connectivity index (χ2v) is 2.98. The maximum absolute atomic E-state index is 11.1. The molecule has 0 aromatic heterocycles. The van der Waals surface area contributed by atoms with Crippen LogP contribution in [0.1, 0.15) is 19.3 Å². The molecular formula is C10H14O2. The molecule has 12 heavy (non-hydrogen) atoms. The molecule has 0 heterocycles. The molecule has 0 aromatic rings. The number of ether oxygens (including phenoxy) is 1. The van der Waals surface area contributed by atoms with E-state index in [4.69, 9.17) is 0 Å². The molecule has 0 aliphatic heterocycles. The molecule has 1 aliphatic carbocycles. The third-order valence-electron chi connectivity index (χ3n) is 2.15. The fraction of sp³-hybridized carbons (Fsp3) is 0.500. The molecule has 1 aliphatic rings. The van der Waals surface area contributed by atoms with Crippen molar-refractivity contribution in [3.63, 3.8) is 0 Å². The van der Waals surface area contributed by atoms with E-state index in [1.54, 1.807) is 0 Å². The Morgan fingerprint density at radius 3 is 2.92 bits per heavy atom. The topological polar surface area (TPSA) is 26.3 Å². The Kier molecular flexibility index (Phi) is 3.09. The monoisotopic (exact) mass is 166 g/mol. The Labute approximate surface area is 72.9 Å². The summed E-state index contributed by atoms with van der Waals surface area (Å²) in [5.41, 5.74) is 0.577. The van der Waals surface area contributed by atoms with E-state index >= 15 is 0 Å². The van der Waals surface area contributed by atoms with Crippen LogP contribution in [0.15, 0.2) is 24.3 Å². The van der Waals surface area contributed by atoms with Gasteiger partial charge in [-0.3, -0.25) is 0 Å². The Morgan fingerprint density at radius 2 is 2.42 bits per heavy atom. The highest BCUT2D eigenvalue weighted by atomic mass is 16.5. The van der Waals surface area contributed by atoms with Gasteiger partial charge < -0.3 is 4.74 Å². The van der Waals surface area contributed by atoms with Crippen LogP contribution in [0.4, 0.5) is 0 Å². The molecular weight excluding hydrogens is 152 g/mol. The van der Waals surface area contributed by atoms with Crippen molar-refractivity contribution in [2.75, 3.05) is 7.11 Å². The SMILES string of the molecule is C=C(C(=O)OC)C1C=CCCC1. The van der Waals surface area contributed by atoms with E-state index in [9.17, 15) is 4.79 Å². The lowest BCUT2D eigenvalue weighted by atomic mass is 9.90. The fourth-order valence-electron chi connectivity index (χ4n) is 1.39. The quantitative estimate of drug-likeness (QED) is 0.356. The van der Waals surface area contributed by atoms with E-state index < -0.39 is 0 Å². The highest BCUT2D eigenvalue weighted by molar-refractivity contribution is 5.88. The number of methoxy groups -OCH3 is 1. The van der Waals surface area contributed by atoms with Crippen molar-refractivity contribution < 1.29 is 9.53 Å². The summed E-state index contributed by atoms with van der Waals surface area (Å²) in [4.78, 5) is 11.1. The lowest BCUT2D eigenvalue weighted by Crippen LogP contribution is -2.13. The normalized spacial score (nSPS) is 21.9. The van der Waals surface area contributed by atoms with Crippen LogP contribution in [0, 0.1) is 5.92 Å². The number of rotatable bonds is 2. The molecule has 0 aromatic carbocycles. The van der Waals surface area contributed by atoms with Gasteiger partial charge >= 0.3 is 5.97 Å². The molecule has 66 valence electrons. The van der Waals surface area contributed by atoms with Gasteiger partial charge in [-0.2, -0.15) is 0 Å². The number of hydrogen-bond acceptors (Lipinski definition) is 2. The number of carbonyl (C=O) groups excluding carboxylic acids is 1. The van der Waals surface area contributed by atoms with Crippen LogP contribution in [0.2, 0.25) is 0 Å². The van der Waals surface area contributed by atoms with E-state index in [0.717, 1.165) is 19.3 Å². The zero-order valence-electron chi connectivity index (χ0n) is 7.38. The second-order valence-electron chi connectivity index (χ2n) is 2.98. The summed E-state index contributed by atoms with van der Waals surface area (Å²) in [5.74, 6) is -0.0854. The van der Waals surface area contributed by atoms with Crippen LogP contribution in [0.25, 0.3) is 0 Å². The molecule has 0 saturated carbocycles. The molecule has 1 unspecified atom stereocenters. The van der Waals surface area contributed by atoms with Crippen LogP contribution < -0.4 is 0 Å². The predicted molar refractivity (Wildman–Crippen MR) is 47.6 cm³/mol. The van der Waals surface area contributed by atoms with Crippen molar-refractivity contribution in [2.45, 2.75) is 19.3 Å². The van der Waals surface area contributed by atoms with Gasteiger partial charge in [0.15, 0.2) is 0 Å². The van der Waals surface area contributed by atoms with Gasteiger partial charge in [0.05, 0.1) is 7.11 Å². The minimum Gasteiger partial charge on any atom is -0.466 e. The third-order valence-corrected chi connectivity index (χ3v) is 2.15. The zero-order valence-corrected chi connectivity index (χ0v) is 7.38. The standard InChI is InChI=1S/C10H14O2/c1-8(10(11)12-2)9-6-4-3-5-7-9/h4,6,9H,1,3,5,7H2,2H3. The molecule has 0 fully saturated rings. The molecule has 0 saturated heterocycles. The number of carbonyl (C=O) groups is 1. The molecule has 1 rings (SSSR count). The van der Waals surface area contributed by atoms with Gasteiger partial charge in [-0.05, 0) is 19.3 Å². The highest BCUT2D eigenvalue weighted by Crippen LogP contribution is 2.23.